The van der Waals surface area contributed by atoms with Gasteiger partial charge in [0.25, 0.3) is 0 Å². The zero-order chi connectivity index (χ0) is 8.97. The molecule has 12 heavy (non-hydrogen) atoms. The van der Waals surface area contributed by atoms with Crippen LogP contribution in [-0.4, -0.2) is 23.7 Å². The van der Waals surface area contributed by atoms with Crippen LogP contribution in [-0.2, 0) is 6.42 Å². The van der Waals surface area contributed by atoms with E-state index in [9.17, 15) is 5.11 Å². The third-order valence-corrected chi connectivity index (χ3v) is 2.00. The average Bonchev–Trinajstić information content (AvgIpc) is 2.51. The maximum Gasteiger partial charge on any atom is 0.0931 e. The second kappa shape index (κ2) is 4.28. The van der Waals surface area contributed by atoms with E-state index < -0.39 is 6.10 Å². The van der Waals surface area contributed by atoms with Crippen LogP contribution in [0.25, 0.3) is 0 Å². The van der Waals surface area contributed by atoms with Gasteiger partial charge in [-0.3, -0.25) is 0 Å². The largest absolute Gasteiger partial charge is 0.387 e. The minimum absolute atomic E-state index is 0.392. The lowest BCUT2D eigenvalue weighted by atomic mass is 10.1. The first-order chi connectivity index (χ1) is 5.79. The van der Waals surface area contributed by atoms with E-state index in [0.717, 1.165) is 12.0 Å². The molecule has 1 heterocycles. The van der Waals surface area contributed by atoms with Gasteiger partial charge in [-0.05, 0) is 19.0 Å². The number of aliphatic hydroxyl groups excluding tert-OH is 1. The smallest absolute Gasteiger partial charge is 0.0931 e. The van der Waals surface area contributed by atoms with E-state index in [0.29, 0.717) is 6.54 Å². The zero-order valence-corrected chi connectivity index (χ0v) is 7.59. The quantitative estimate of drug-likeness (QED) is 0.623. The van der Waals surface area contributed by atoms with E-state index in [1.54, 1.807) is 0 Å². The Balaban J connectivity index is 2.71. The van der Waals surface area contributed by atoms with Gasteiger partial charge in [-0.2, -0.15) is 0 Å². The van der Waals surface area contributed by atoms with Gasteiger partial charge in [-0.15, -0.1) is 0 Å². The summed E-state index contributed by atoms with van der Waals surface area (Å²) < 4.78 is 0. The van der Waals surface area contributed by atoms with Crippen LogP contribution in [0.1, 0.15) is 24.2 Å². The summed E-state index contributed by atoms with van der Waals surface area (Å²) in [5.74, 6) is 0. The van der Waals surface area contributed by atoms with E-state index in [1.807, 2.05) is 19.4 Å². The molecule has 0 saturated heterocycles. The Morgan fingerprint density at radius 3 is 2.92 bits per heavy atom. The summed E-state index contributed by atoms with van der Waals surface area (Å²) in [7, 11) is 1.83. The van der Waals surface area contributed by atoms with E-state index in [-0.39, 0.29) is 0 Å². The third-order valence-electron chi connectivity index (χ3n) is 2.00. The average molecular weight is 168 g/mol. The van der Waals surface area contributed by atoms with Gasteiger partial charge in [0.15, 0.2) is 0 Å². The first-order valence-corrected chi connectivity index (χ1v) is 4.27. The molecule has 0 radical (unpaired) electrons. The Kier molecular flexibility index (Phi) is 3.31. The van der Waals surface area contributed by atoms with E-state index >= 15 is 0 Å². The molecule has 1 aromatic heterocycles. The van der Waals surface area contributed by atoms with Gasteiger partial charge in [0.1, 0.15) is 0 Å². The number of aryl methyl sites for hydroxylation is 1. The molecule has 0 aromatic carbocycles. The van der Waals surface area contributed by atoms with Crippen molar-refractivity contribution in [1.82, 2.24) is 10.3 Å². The zero-order valence-electron chi connectivity index (χ0n) is 7.59. The number of likely N-dealkylation sites (N-methyl/N-ethyl adjacent to an activating group) is 1. The molecule has 0 spiro atoms. The Morgan fingerprint density at radius 2 is 2.33 bits per heavy atom. The van der Waals surface area contributed by atoms with Crippen LogP contribution in [0.2, 0.25) is 0 Å². The number of aliphatic hydroxyl groups is 1. The fraction of sp³-hybridized carbons (Fsp3) is 0.556. The van der Waals surface area contributed by atoms with Gasteiger partial charge in [-0.1, -0.05) is 6.92 Å². The molecule has 0 fully saturated rings. The van der Waals surface area contributed by atoms with Crippen molar-refractivity contribution >= 4 is 0 Å². The van der Waals surface area contributed by atoms with Gasteiger partial charge in [0.2, 0.25) is 0 Å². The molecule has 1 aromatic rings. The van der Waals surface area contributed by atoms with Crippen LogP contribution < -0.4 is 5.32 Å². The molecule has 0 bridgehead atoms. The molecule has 1 atom stereocenters. The molecule has 3 N–H and O–H groups in total. The molecule has 68 valence electrons. The SMILES string of the molecule is CCc1c[nH]cc1C(O)CNC. The van der Waals surface area contributed by atoms with E-state index in [4.69, 9.17) is 0 Å². The molecule has 3 heteroatoms. The van der Waals surface area contributed by atoms with Crippen molar-refractivity contribution in [3.63, 3.8) is 0 Å². The normalized spacial score (nSPS) is 13.2. The van der Waals surface area contributed by atoms with Crippen LogP contribution in [0.5, 0.6) is 0 Å². The monoisotopic (exact) mass is 168 g/mol. The van der Waals surface area contributed by atoms with Crippen LogP contribution in [0.4, 0.5) is 0 Å². The highest BCUT2D eigenvalue weighted by Crippen LogP contribution is 2.17. The summed E-state index contributed by atoms with van der Waals surface area (Å²) in [5, 5.41) is 12.6. The van der Waals surface area contributed by atoms with Crippen molar-refractivity contribution in [2.75, 3.05) is 13.6 Å². The van der Waals surface area contributed by atoms with Crippen molar-refractivity contribution in [2.24, 2.45) is 0 Å². The summed E-state index contributed by atoms with van der Waals surface area (Å²) in [6, 6.07) is 0. The molecule has 3 nitrogen and oxygen atoms in total. The lowest BCUT2D eigenvalue weighted by Crippen LogP contribution is -2.17. The fourth-order valence-electron chi connectivity index (χ4n) is 1.33. The Bertz CT molecular complexity index is 232. The van der Waals surface area contributed by atoms with Gasteiger partial charge in [0, 0.05) is 24.5 Å². The summed E-state index contributed by atoms with van der Waals surface area (Å²) in [6.45, 7) is 2.68. The molecule has 0 saturated carbocycles. The lowest BCUT2D eigenvalue weighted by Gasteiger charge is -2.09. The van der Waals surface area contributed by atoms with Crippen molar-refractivity contribution < 1.29 is 5.11 Å². The number of aromatic amines is 1. The highest BCUT2D eigenvalue weighted by Gasteiger charge is 2.10. The topological polar surface area (TPSA) is 48.0 Å². The first-order valence-electron chi connectivity index (χ1n) is 4.27. The standard InChI is InChI=1S/C9H16N2O/c1-3-7-4-11-5-8(7)9(12)6-10-2/h4-5,9-12H,3,6H2,1-2H3. The van der Waals surface area contributed by atoms with Gasteiger partial charge < -0.3 is 15.4 Å². The number of nitrogens with one attached hydrogen (secondary N) is 2. The number of hydrogen-bond acceptors (Lipinski definition) is 2. The maximum absolute atomic E-state index is 9.64. The minimum atomic E-state index is -0.392. The number of hydrogen-bond donors (Lipinski definition) is 3. The fourth-order valence-corrected chi connectivity index (χ4v) is 1.33. The van der Waals surface area contributed by atoms with Crippen LogP contribution in [0.3, 0.4) is 0 Å². The second-order valence-electron chi connectivity index (χ2n) is 2.86. The molecule has 0 amide bonds. The number of aromatic nitrogens is 1. The third kappa shape index (κ3) is 1.87. The molecular weight excluding hydrogens is 152 g/mol. The van der Waals surface area contributed by atoms with E-state index in [1.165, 1.54) is 5.56 Å². The first kappa shape index (κ1) is 9.29. The van der Waals surface area contributed by atoms with Gasteiger partial charge >= 0.3 is 0 Å². The van der Waals surface area contributed by atoms with Crippen LogP contribution in [0.15, 0.2) is 12.4 Å². The molecule has 0 aliphatic carbocycles. The highest BCUT2D eigenvalue weighted by atomic mass is 16.3. The summed E-state index contributed by atoms with van der Waals surface area (Å²) in [5.41, 5.74) is 2.20. The van der Waals surface area contributed by atoms with Crippen molar-refractivity contribution in [3.8, 4) is 0 Å². The summed E-state index contributed by atoms with van der Waals surface area (Å²) in [4.78, 5) is 3.00. The summed E-state index contributed by atoms with van der Waals surface area (Å²) >= 11 is 0. The Labute approximate surface area is 72.8 Å². The highest BCUT2D eigenvalue weighted by molar-refractivity contribution is 5.25. The molecule has 0 aliphatic heterocycles. The second-order valence-corrected chi connectivity index (χ2v) is 2.86. The molecular formula is C9H16N2O. The number of H-pyrrole nitrogens is 1. The van der Waals surface area contributed by atoms with Gasteiger partial charge in [0.05, 0.1) is 6.10 Å². The van der Waals surface area contributed by atoms with Crippen molar-refractivity contribution in [3.05, 3.63) is 23.5 Å². The predicted octanol–water partition coefficient (Wildman–Crippen LogP) is 0.830. The molecule has 1 rings (SSSR count). The van der Waals surface area contributed by atoms with E-state index in [2.05, 4.69) is 17.2 Å². The molecule has 0 aliphatic rings. The van der Waals surface area contributed by atoms with Gasteiger partial charge in [-0.25, -0.2) is 0 Å². The van der Waals surface area contributed by atoms with Crippen LogP contribution >= 0.6 is 0 Å². The Morgan fingerprint density at radius 1 is 1.58 bits per heavy atom. The summed E-state index contributed by atoms with van der Waals surface area (Å²) in [6.07, 6.45) is 4.37. The lowest BCUT2D eigenvalue weighted by molar-refractivity contribution is 0.177. The maximum atomic E-state index is 9.64. The molecule has 1 unspecified atom stereocenters. The minimum Gasteiger partial charge on any atom is -0.387 e. The number of rotatable bonds is 4. The Hall–Kier alpha value is -0.800. The van der Waals surface area contributed by atoms with Crippen molar-refractivity contribution in [2.45, 2.75) is 19.4 Å². The predicted molar refractivity (Wildman–Crippen MR) is 49.1 cm³/mol. The van der Waals surface area contributed by atoms with Crippen LogP contribution in [0, 0.1) is 0 Å². The van der Waals surface area contributed by atoms with Crippen molar-refractivity contribution in [1.29, 1.82) is 0 Å².